The number of halogens is 1. The van der Waals surface area contributed by atoms with E-state index in [4.69, 9.17) is 16.0 Å². The number of aryl methyl sites for hydroxylation is 1. The maximum absolute atomic E-state index is 12.6. The van der Waals surface area contributed by atoms with E-state index in [0.717, 1.165) is 23.5 Å². The Balaban J connectivity index is 1.42. The normalized spacial score (nSPS) is 19.7. The van der Waals surface area contributed by atoms with Gasteiger partial charge in [-0.2, -0.15) is 4.98 Å². The predicted molar refractivity (Wildman–Crippen MR) is 124 cm³/mol. The van der Waals surface area contributed by atoms with Gasteiger partial charge in [0.1, 0.15) is 10.6 Å². The lowest BCUT2D eigenvalue weighted by Crippen LogP contribution is -2.49. The Kier molecular flexibility index (Phi) is 5.21. The molecule has 1 fully saturated rings. The molecule has 3 aromatic heterocycles. The molecule has 0 N–H and O–H groups in total. The molecule has 0 bridgehead atoms. The first kappa shape index (κ1) is 20.8. The molecule has 0 saturated carbocycles. The molecule has 1 aliphatic heterocycles. The van der Waals surface area contributed by atoms with Crippen LogP contribution in [0.25, 0.3) is 10.2 Å². The summed E-state index contributed by atoms with van der Waals surface area (Å²) in [6, 6.07) is 3.46. The van der Waals surface area contributed by atoms with E-state index in [2.05, 4.69) is 35.6 Å². The summed E-state index contributed by atoms with van der Waals surface area (Å²) in [6.07, 6.45) is 4.89. The van der Waals surface area contributed by atoms with Gasteiger partial charge in [-0.1, -0.05) is 20.8 Å². The summed E-state index contributed by atoms with van der Waals surface area (Å²) in [5, 5.41) is 1.46. The summed E-state index contributed by atoms with van der Waals surface area (Å²) in [4.78, 5) is 28.3. The molecule has 1 aliphatic carbocycles. The van der Waals surface area contributed by atoms with E-state index in [1.165, 1.54) is 28.5 Å². The molecular formula is C23H27ClN4O2S. The first-order valence-corrected chi connectivity index (χ1v) is 12.1. The van der Waals surface area contributed by atoms with E-state index in [-0.39, 0.29) is 5.91 Å². The second kappa shape index (κ2) is 7.78. The fourth-order valence-electron chi connectivity index (χ4n) is 4.78. The minimum Gasteiger partial charge on any atom is -0.459 e. The highest BCUT2D eigenvalue weighted by Crippen LogP contribution is 2.45. The van der Waals surface area contributed by atoms with Crippen LogP contribution in [0.4, 0.5) is 5.82 Å². The number of fused-ring (bicyclic) bond motifs is 3. The summed E-state index contributed by atoms with van der Waals surface area (Å²) in [6.45, 7) is 9.68. The number of thiophene rings is 1. The number of piperazine rings is 1. The van der Waals surface area contributed by atoms with Crippen LogP contribution in [0.1, 0.15) is 48.2 Å². The van der Waals surface area contributed by atoms with Gasteiger partial charge < -0.3 is 14.2 Å². The Morgan fingerprint density at radius 2 is 2.00 bits per heavy atom. The summed E-state index contributed by atoms with van der Waals surface area (Å²) >= 11 is 8.11. The third-order valence-electron chi connectivity index (χ3n) is 6.69. The smallest absolute Gasteiger partial charge is 0.289 e. The van der Waals surface area contributed by atoms with Gasteiger partial charge in [0.15, 0.2) is 5.76 Å². The van der Waals surface area contributed by atoms with Crippen molar-refractivity contribution in [2.24, 2.45) is 11.3 Å². The average molecular weight is 459 g/mol. The number of furan rings is 1. The Labute approximate surface area is 191 Å². The maximum atomic E-state index is 12.6. The molecule has 31 heavy (non-hydrogen) atoms. The van der Waals surface area contributed by atoms with Crippen molar-refractivity contribution >= 4 is 44.9 Å². The van der Waals surface area contributed by atoms with Crippen molar-refractivity contribution in [1.29, 1.82) is 0 Å². The van der Waals surface area contributed by atoms with Crippen LogP contribution in [-0.2, 0) is 12.8 Å². The van der Waals surface area contributed by atoms with Crippen molar-refractivity contribution in [3.8, 4) is 0 Å². The predicted octanol–water partition coefficient (Wildman–Crippen LogP) is 5.05. The zero-order chi connectivity index (χ0) is 21.8. The zero-order valence-electron chi connectivity index (χ0n) is 18.2. The Bertz CT molecular complexity index is 1110. The lowest BCUT2D eigenvalue weighted by molar-refractivity contribution is 0.0714. The Morgan fingerprint density at radius 3 is 2.68 bits per heavy atom. The number of anilines is 1. The van der Waals surface area contributed by atoms with Gasteiger partial charge in [-0.3, -0.25) is 4.79 Å². The van der Waals surface area contributed by atoms with Crippen molar-refractivity contribution < 1.29 is 9.21 Å². The highest BCUT2D eigenvalue weighted by atomic mass is 35.5. The largest absolute Gasteiger partial charge is 0.459 e. The SMILES string of the molecule is CC(C)(C)C1CCc2c(sc3nc(Cl)nc(N4CCN(C(=O)c5ccco5)CC4)c23)C1. The third-order valence-corrected chi connectivity index (χ3v) is 8.00. The molecule has 0 aromatic carbocycles. The standard InChI is InChI=1S/C23H27ClN4O2S/c1-23(2,3)14-6-7-15-17(13-14)31-20-18(15)19(25-22(24)26-20)27-8-10-28(11-9-27)21(29)16-5-4-12-30-16/h4-5,12,14H,6-11,13H2,1-3H3. The number of rotatable bonds is 2. The van der Waals surface area contributed by atoms with Gasteiger partial charge in [0, 0.05) is 31.1 Å². The van der Waals surface area contributed by atoms with Crippen LogP contribution in [-0.4, -0.2) is 47.0 Å². The zero-order valence-corrected chi connectivity index (χ0v) is 19.7. The maximum Gasteiger partial charge on any atom is 0.289 e. The van der Waals surface area contributed by atoms with Gasteiger partial charge in [-0.15, -0.1) is 11.3 Å². The molecule has 6 nitrogen and oxygen atoms in total. The van der Waals surface area contributed by atoms with Crippen LogP contribution in [0.3, 0.4) is 0 Å². The summed E-state index contributed by atoms with van der Waals surface area (Å²) in [7, 11) is 0. The van der Waals surface area contributed by atoms with Crippen molar-refractivity contribution in [3.05, 3.63) is 39.9 Å². The van der Waals surface area contributed by atoms with Gasteiger partial charge in [0.05, 0.1) is 11.6 Å². The lowest BCUT2D eigenvalue weighted by atomic mass is 9.72. The topological polar surface area (TPSA) is 62.5 Å². The highest BCUT2D eigenvalue weighted by Gasteiger charge is 2.33. The van der Waals surface area contributed by atoms with Gasteiger partial charge in [0.25, 0.3) is 5.91 Å². The molecule has 1 saturated heterocycles. The summed E-state index contributed by atoms with van der Waals surface area (Å²) in [5.41, 5.74) is 1.71. The average Bonchev–Trinajstić information content (AvgIpc) is 3.39. The van der Waals surface area contributed by atoms with Crippen LogP contribution in [0, 0.1) is 11.3 Å². The number of nitrogens with zero attached hydrogens (tertiary/aromatic N) is 4. The van der Waals surface area contributed by atoms with E-state index in [0.29, 0.717) is 48.6 Å². The molecule has 0 spiro atoms. The molecule has 4 heterocycles. The quantitative estimate of drug-likeness (QED) is 0.503. The number of hydrogen-bond donors (Lipinski definition) is 0. The second-order valence-electron chi connectivity index (χ2n) is 9.56. The monoisotopic (exact) mass is 458 g/mol. The van der Waals surface area contributed by atoms with Crippen molar-refractivity contribution in [3.63, 3.8) is 0 Å². The minimum atomic E-state index is -0.0587. The molecule has 3 aromatic rings. The first-order chi connectivity index (χ1) is 14.8. The van der Waals surface area contributed by atoms with E-state index in [1.54, 1.807) is 23.5 Å². The summed E-state index contributed by atoms with van der Waals surface area (Å²) < 4.78 is 5.28. The van der Waals surface area contributed by atoms with Crippen LogP contribution in [0.15, 0.2) is 22.8 Å². The Morgan fingerprint density at radius 1 is 1.23 bits per heavy atom. The van der Waals surface area contributed by atoms with Gasteiger partial charge in [0.2, 0.25) is 5.28 Å². The molecule has 2 aliphatic rings. The number of hydrogen-bond acceptors (Lipinski definition) is 6. The summed E-state index contributed by atoms with van der Waals surface area (Å²) in [5.74, 6) is 1.93. The van der Waals surface area contributed by atoms with Crippen molar-refractivity contribution in [1.82, 2.24) is 14.9 Å². The fourth-order valence-corrected chi connectivity index (χ4v) is 6.29. The molecule has 8 heteroatoms. The highest BCUT2D eigenvalue weighted by molar-refractivity contribution is 7.19. The molecule has 1 atom stereocenters. The van der Waals surface area contributed by atoms with E-state index < -0.39 is 0 Å². The van der Waals surface area contributed by atoms with Crippen LogP contribution in [0.5, 0.6) is 0 Å². The molecule has 1 amide bonds. The lowest BCUT2D eigenvalue weighted by Gasteiger charge is -2.36. The molecule has 0 radical (unpaired) electrons. The molecule has 1 unspecified atom stereocenters. The van der Waals surface area contributed by atoms with Crippen LogP contribution < -0.4 is 4.90 Å². The van der Waals surface area contributed by atoms with Crippen molar-refractivity contribution in [2.75, 3.05) is 31.1 Å². The van der Waals surface area contributed by atoms with Crippen LogP contribution in [0.2, 0.25) is 5.28 Å². The van der Waals surface area contributed by atoms with Gasteiger partial charge >= 0.3 is 0 Å². The number of aromatic nitrogens is 2. The third kappa shape index (κ3) is 3.82. The second-order valence-corrected chi connectivity index (χ2v) is 11.0. The fraction of sp³-hybridized carbons (Fsp3) is 0.522. The molecule has 5 rings (SSSR count). The van der Waals surface area contributed by atoms with Crippen molar-refractivity contribution in [2.45, 2.75) is 40.0 Å². The Hall–Kier alpha value is -2.12. The number of carbonyl (C=O) groups excluding carboxylic acids is 1. The van der Waals surface area contributed by atoms with Crippen LogP contribution >= 0.6 is 22.9 Å². The van der Waals surface area contributed by atoms with E-state index in [9.17, 15) is 4.79 Å². The number of carbonyl (C=O) groups is 1. The minimum absolute atomic E-state index is 0.0587. The number of amides is 1. The molecular weight excluding hydrogens is 432 g/mol. The first-order valence-electron chi connectivity index (χ1n) is 10.9. The van der Waals surface area contributed by atoms with E-state index in [1.807, 2.05) is 4.90 Å². The van der Waals surface area contributed by atoms with Gasteiger partial charge in [-0.25, -0.2) is 4.98 Å². The van der Waals surface area contributed by atoms with Gasteiger partial charge in [-0.05, 0) is 59.9 Å². The van der Waals surface area contributed by atoms with E-state index >= 15 is 0 Å². The molecule has 164 valence electrons.